The molecule has 23 heavy (non-hydrogen) atoms. The average Bonchev–Trinajstić information content (AvgIpc) is 3.20. The van der Waals surface area contributed by atoms with E-state index >= 15 is 0 Å². The van der Waals surface area contributed by atoms with E-state index in [0.29, 0.717) is 6.54 Å². The van der Waals surface area contributed by atoms with Crippen molar-refractivity contribution in [2.45, 2.75) is 31.9 Å². The molecule has 3 heterocycles. The van der Waals surface area contributed by atoms with Crippen molar-refractivity contribution in [1.29, 1.82) is 0 Å². The van der Waals surface area contributed by atoms with Crippen LogP contribution in [-0.4, -0.2) is 41.2 Å². The smallest absolute Gasteiger partial charge is 0.317 e. The minimum absolute atomic E-state index is 0.00924. The molecule has 2 amide bonds. The molecule has 0 aliphatic carbocycles. The lowest BCUT2D eigenvalue weighted by Gasteiger charge is -2.21. The number of thiophene rings is 1. The molecular formula is C17H21N3O2S. The average molecular weight is 331 g/mol. The van der Waals surface area contributed by atoms with Gasteiger partial charge in [0.2, 0.25) is 0 Å². The Morgan fingerprint density at radius 1 is 1.57 bits per heavy atom. The number of hydrogen-bond acceptors (Lipinski definition) is 4. The van der Waals surface area contributed by atoms with E-state index in [-0.39, 0.29) is 18.2 Å². The first-order chi connectivity index (χ1) is 11.2. The largest absolute Gasteiger partial charge is 0.487 e. The Morgan fingerprint density at radius 2 is 2.48 bits per heavy atom. The molecule has 1 aliphatic heterocycles. The van der Waals surface area contributed by atoms with Crippen molar-refractivity contribution < 1.29 is 9.53 Å². The summed E-state index contributed by atoms with van der Waals surface area (Å²) in [5.74, 6) is 0.755. The first kappa shape index (κ1) is 15.8. The molecule has 0 spiro atoms. The molecule has 1 fully saturated rings. The van der Waals surface area contributed by atoms with Crippen molar-refractivity contribution in [3.05, 3.63) is 46.9 Å². The van der Waals surface area contributed by atoms with Gasteiger partial charge in [-0.3, -0.25) is 4.98 Å². The van der Waals surface area contributed by atoms with Crippen LogP contribution in [0.1, 0.15) is 18.9 Å². The molecule has 0 bridgehead atoms. The summed E-state index contributed by atoms with van der Waals surface area (Å²) in [4.78, 5) is 18.2. The molecule has 0 unspecified atom stereocenters. The zero-order chi connectivity index (χ0) is 16.1. The summed E-state index contributed by atoms with van der Waals surface area (Å²) < 4.78 is 5.86. The van der Waals surface area contributed by atoms with E-state index in [0.717, 1.165) is 25.1 Å². The van der Waals surface area contributed by atoms with Crippen LogP contribution in [0.2, 0.25) is 0 Å². The van der Waals surface area contributed by atoms with Gasteiger partial charge in [-0.25, -0.2) is 4.79 Å². The van der Waals surface area contributed by atoms with E-state index < -0.39 is 0 Å². The normalized spacial score (nSPS) is 18.7. The summed E-state index contributed by atoms with van der Waals surface area (Å²) in [6.45, 7) is 3.38. The Balaban J connectivity index is 1.45. The lowest BCUT2D eigenvalue weighted by molar-refractivity contribution is 0.184. The summed E-state index contributed by atoms with van der Waals surface area (Å²) in [6.07, 6.45) is 5.17. The molecule has 0 saturated carbocycles. The number of hydrogen-bond donors (Lipinski definition) is 1. The zero-order valence-corrected chi connectivity index (χ0v) is 14.0. The lowest BCUT2D eigenvalue weighted by atomic mass is 10.1. The van der Waals surface area contributed by atoms with Crippen LogP contribution in [-0.2, 0) is 6.42 Å². The van der Waals surface area contributed by atoms with Crippen LogP contribution < -0.4 is 10.1 Å². The maximum atomic E-state index is 12.3. The van der Waals surface area contributed by atoms with Gasteiger partial charge >= 0.3 is 6.03 Å². The number of carbonyl (C=O) groups excluding carboxylic acids is 1. The van der Waals surface area contributed by atoms with Gasteiger partial charge in [0, 0.05) is 25.2 Å². The minimum Gasteiger partial charge on any atom is -0.487 e. The number of ether oxygens (including phenoxy) is 1. The number of rotatable bonds is 5. The summed E-state index contributed by atoms with van der Waals surface area (Å²) in [6, 6.07) is 5.95. The number of pyridine rings is 1. The second-order valence-corrected chi connectivity index (χ2v) is 6.63. The van der Waals surface area contributed by atoms with E-state index in [4.69, 9.17) is 4.74 Å². The zero-order valence-electron chi connectivity index (χ0n) is 13.1. The summed E-state index contributed by atoms with van der Waals surface area (Å²) in [5, 5.41) is 7.25. The molecule has 0 radical (unpaired) electrons. The maximum Gasteiger partial charge on any atom is 0.317 e. The van der Waals surface area contributed by atoms with Gasteiger partial charge in [-0.05, 0) is 47.9 Å². The van der Waals surface area contributed by atoms with E-state index in [1.165, 1.54) is 5.56 Å². The summed E-state index contributed by atoms with van der Waals surface area (Å²) in [7, 11) is 0. The SMILES string of the molecule is C[C@H](Cc1ccsc1)NC(=O)N1CC[C@H](Oc2cccnc2)C1. The molecule has 2 aromatic heterocycles. The van der Waals surface area contributed by atoms with Gasteiger partial charge in [-0.15, -0.1) is 0 Å². The second-order valence-electron chi connectivity index (χ2n) is 5.85. The van der Waals surface area contributed by atoms with Crippen molar-refractivity contribution in [3.63, 3.8) is 0 Å². The highest BCUT2D eigenvalue weighted by atomic mass is 32.1. The van der Waals surface area contributed by atoms with E-state index in [9.17, 15) is 4.79 Å². The highest BCUT2D eigenvalue weighted by molar-refractivity contribution is 7.07. The van der Waals surface area contributed by atoms with Gasteiger partial charge in [-0.1, -0.05) is 0 Å². The molecule has 3 rings (SSSR count). The highest BCUT2D eigenvalue weighted by Gasteiger charge is 2.28. The van der Waals surface area contributed by atoms with Gasteiger partial charge in [0.25, 0.3) is 0 Å². The molecule has 1 saturated heterocycles. The van der Waals surface area contributed by atoms with Crippen molar-refractivity contribution in [2.75, 3.05) is 13.1 Å². The summed E-state index contributed by atoms with van der Waals surface area (Å²) >= 11 is 1.68. The monoisotopic (exact) mass is 331 g/mol. The van der Waals surface area contributed by atoms with Crippen molar-refractivity contribution >= 4 is 17.4 Å². The maximum absolute atomic E-state index is 12.3. The van der Waals surface area contributed by atoms with Crippen LogP contribution in [0.5, 0.6) is 5.75 Å². The standard InChI is InChI=1S/C17H21N3O2S/c1-13(9-14-5-8-23-12-14)19-17(21)20-7-4-16(11-20)22-15-3-2-6-18-10-15/h2-3,5-6,8,10,12-13,16H,4,7,9,11H2,1H3,(H,19,21)/t13-,16+/m1/s1. The van der Waals surface area contributed by atoms with Gasteiger partial charge in [-0.2, -0.15) is 11.3 Å². The number of amides is 2. The van der Waals surface area contributed by atoms with Crippen molar-refractivity contribution in [2.24, 2.45) is 0 Å². The van der Waals surface area contributed by atoms with Crippen molar-refractivity contribution in [1.82, 2.24) is 15.2 Å². The Bertz CT molecular complexity index is 618. The van der Waals surface area contributed by atoms with Crippen molar-refractivity contribution in [3.8, 4) is 5.75 Å². The molecule has 2 atom stereocenters. The fourth-order valence-electron chi connectivity index (χ4n) is 2.73. The van der Waals surface area contributed by atoms with Crippen LogP contribution in [0.15, 0.2) is 41.4 Å². The molecule has 5 nitrogen and oxygen atoms in total. The van der Waals surface area contributed by atoms with Gasteiger partial charge in [0.1, 0.15) is 11.9 Å². The molecule has 6 heteroatoms. The highest BCUT2D eigenvalue weighted by Crippen LogP contribution is 2.17. The fourth-order valence-corrected chi connectivity index (χ4v) is 3.42. The van der Waals surface area contributed by atoms with Gasteiger partial charge in [0.05, 0.1) is 12.7 Å². The van der Waals surface area contributed by atoms with E-state index in [1.54, 1.807) is 23.7 Å². The summed E-state index contributed by atoms with van der Waals surface area (Å²) in [5.41, 5.74) is 1.27. The molecule has 2 aromatic rings. The fraction of sp³-hybridized carbons (Fsp3) is 0.412. The number of nitrogens with one attached hydrogen (secondary N) is 1. The quantitative estimate of drug-likeness (QED) is 0.916. The predicted molar refractivity (Wildman–Crippen MR) is 90.9 cm³/mol. The van der Waals surface area contributed by atoms with Gasteiger partial charge < -0.3 is 15.0 Å². The Labute approximate surface area is 140 Å². The van der Waals surface area contributed by atoms with Crippen LogP contribution in [0.3, 0.4) is 0 Å². The van der Waals surface area contributed by atoms with Crippen LogP contribution >= 0.6 is 11.3 Å². The van der Waals surface area contributed by atoms with Crippen LogP contribution in [0.25, 0.3) is 0 Å². The van der Waals surface area contributed by atoms with Gasteiger partial charge in [0.15, 0.2) is 0 Å². The molecule has 1 aliphatic rings. The Kier molecular flexibility index (Phi) is 5.12. The van der Waals surface area contributed by atoms with Crippen LogP contribution in [0.4, 0.5) is 4.79 Å². The van der Waals surface area contributed by atoms with Crippen LogP contribution in [0, 0.1) is 0 Å². The number of carbonyl (C=O) groups is 1. The number of likely N-dealkylation sites (tertiary alicyclic amines) is 1. The van der Waals surface area contributed by atoms with E-state index in [1.807, 2.05) is 24.0 Å². The Hall–Kier alpha value is -2.08. The lowest BCUT2D eigenvalue weighted by Crippen LogP contribution is -2.44. The molecular weight excluding hydrogens is 310 g/mol. The number of nitrogens with zero attached hydrogens (tertiary/aromatic N) is 2. The molecule has 122 valence electrons. The second kappa shape index (κ2) is 7.46. The third-order valence-electron chi connectivity index (χ3n) is 3.86. The van der Waals surface area contributed by atoms with E-state index in [2.05, 4.69) is 27.1 Å². The third-order valence-corrected chi connectivity index (χ3v) is 4.59. The predicted octanol–water partition coefficient (Wildman–Crippen LogP) is 2.94. The number of urea groups is 1. The number of aromatic nitrogens is 1. The molecule has 1 N–H and O–H groups in total. The molecule has 0 aromatic carbocycles. The first-order valence-corrected chi connectivity index (χ1v) is 8.78. The third kappa shape index (κ3) is 4.45. The minimum atomic E-state index is -0.00924. The first-order valence-electron chi connectivity index (χ1n) is 7.84. The Morgan fingerprint density at radius 3 is 3.22 bits per heavy atom. The topological polar surface area (TPSA) is 54.5 Å².